The van der Waals surface area contributed by atoms with E-state index in [-0.39, 0.29) is 5.97 Å². The van der Waals surface area contributed by atoms with Crippen LogP contribution in [0.1, 0.15) is 53.4 Å². The highest BCUT2D eigenvalue weighted by Gasteiger charge is 2.28. The summed E-state index contributed by atoms with van der Waals surface area (Å²) >= 11 is 0. The molecule has 0 saturated carbocycles. The molecule has 0 spiro atoms. The van der Waals surface area contributed by atoms with E-state index in [0.29, 0.717) is 18.9 Å². The van der Waals surface area contributed by atoms with Crippen LogP contribution in [-0.2, 0) is 14.3 Å². The first-order valence-electron chi connectivity index (χ1n) is 6.94. The molecule has 0 aromatic carbocycles. The van der Waals surface area contributed by atoms with Gasteiger partial charge in [0.1, 0.15) is 5.54 Å². The lowest BCUT2D eigenvalue weighted by molar-refractivity contribution is -0.149. The minimum atomic E-state index is -0.867. The molecule has 0 rings (SSSR count). The summed E-state index contributed by atoms with van der Waals surface area (Å²) < 4.78 is 10.4. The molecule has 2 N–H and O–H groups in total. The van der Waals surface area contributed by atoms with Crippen molar-refractivity contribution in [2.75, 3.05) is 19.8 Å². The van der Waals surface area contributed by atoms with Crippen molar-refractivity contribution < 1.29 is 14.3 Å². The molecule has 0 saturated heterocycles. The molecule has 0 aliphatic heterocycles. The number of ether oxygens (including phenoxy) is 2. The van der Waals surface area contributed by atoms with Gasteiger partial charge in [-0.05, 0) is 45.4 Å². The molecule has 18 heavy (non-hydrogen) atoms. The first-order chi connectivity index (χ1) is 8.40. The lowest BCUT2D eigenvalue weighted by atomic mass is 9.96. The van der Waals surface area contributed by atoms with Crippen LogP contribution in [0, 0.1) is 5.92 Å². The number of hydrogen-bond acceptors (Lipinski definition) is 4. The quantitative estimate of drug-likeness (QED) is 0.483. The minimum Gasteiger partial charge on any atom is -0.465 e. The van der Waals surface area contributed by atoms with Gasteiger partial charge in [0.25, 0.3) is 0 Å². The molecule has 0 fully saturated rings. The van der Waals surface area contributed by atoms with Gasteiger partial charge in [0.05, 0.1) is 6.61 Å². The Balaban J connectivity index is 3.55. The highest BCUT2D eigenvalue weighted by molar-refractivity contribution is 5.79. The fraction of sp³-hybridized carbons (Fsp3) is 0.929. The third-order valence-corrected chi connectivity index (χ3v) is 2.82. The third kappa shape index (κ3) is 8.48. The summed E-state index contributed by atoms with van der Waals surface area (Å²) in [6.07, 6.45) is 3.55. The van der Waals surface area contributed by atoms with E-state index in [1.165, 1.54) is 0 Å². The van der Waals surface area contributed by atoms with Gasteiger partial charge in [-0.2, -0.15) is 0 Å². The van der Waals surface area contributed by atoms with Crippen LogP contribution < -0.4 is 5.73 Å². The Morgan fingerprint density at radius 3 is 2.50 bits per heavy atom. The number of rotatable bonds is 10. The molecule has 0 amide bonds. The number of hydrogen-bond donors (Lipinski definition) is 1. The first kappa shape index (κ1) is 17.4. The van der Waals surface area contributed by atoms with E-state index in [0.717, 1.165) is 32.5 Å². The van der Waals surface area contributed by atoms with Gasteiger partial charge >= 0.3 is 5.97 Å². The van der Waals surface area contributed by atoms with Gasteiger partial charge in [0.15, 0.2) is 0 Å². The molecule has 0 radical (unpaired) electrons. The second kappa shape index (κ2) is 9.34. The molecule has 4 nitrogen and oxygen atoms in total. The van der Waals surface area contributed by atoms with Crippen LogP contribution in [0.2, 0.25) is 0 Å². The molecule has 1 atom stereocenters. The van der Waals surface area contributed by atoms with E-state index in [9.17, 15) is 4.79 Å². The van der Waals surface area contributed by atoms with Crippen molar-refractivity contribution in [3.63, 3.8) is 0 Å². The minimum absolute atomic E-state index is 0.314. The standard InChI is InChI=1S/C14H29NO3/c1-5-18-13(16)14(4,15)9-6-7-10-17-11-8-12(2)3/h12H,5-11,15H2,1-4H3. The lowest BCUT2D eigenvalue weighted by Crippen LogP contribution is -2.46. The molecule has 4 heteroatoms. The fourth-order valence-electron chi connectivity index (χ4n) is 1.52. The molecule has 0 heterocycles. The molecule has 108 valence electrons. The molecular formula is C14H29NO3. The van der Waals surface area contributed by atoms with Crippen LogP contribution in [0.4, 0.5) is 0 Å². The van der Waals surface area contributed by atoms with Gasteiger partial charge in [-0.1, -0.05) is 13.8 Å². The number of carbonyl (C=O) groups excluding carboxylic acids is 1. The number of nitrogens with two attached hydrogens (primary N) is 1. The van der Waals surface area contributed by atoms with E-state index in [1.54, 1.807) is 13.8 Å². The lowest BCUT2D eigenvalue weighted by Gasteiger charge is -2.21. The Morgan fingerprint density at radius 1 is 1.28 bits per heavy atom. The zero-order valence-electron chi connectivity index (χ0n) is 12.3. The van der Waals surface area contributed by atoms with Crippen LogP contribution in [0.15, 0.2) is 0 Å². The summed E-state index contributed by atoms with van der Waals surface area (Å²) in [6.45, 7) is 9.82. The molecule has 0 aromatic rings. The number of carbonyl (C=O) groups is 1. The largest absolute Gasteiger partial charge is 0.465 e. The molecular weight excluding hydrogens is 230 g/mol. The van der Waals surface area contributed by atoms with Crippen molar-refractivity contribution in [3.8, 4) is 0 Å². The van der Waals surface area contributed by atoms with Gasteiger partial charge in [0.2, 0.25) is 0 Å². The van der Waals surface area contributed by atoms with E-state index in [4.69, 9.17) is 15.2 Å². The maximum atomic E-state index is 11.5. The maximum absolute atomic E-state index is 11.5. The topological polar surface area (TPSA) is 61.5 Å². The Morgan fingerprint density at radius 2 is 1.94 bits per heavy atom. The van der Waals surface area contributed by atoms with Gasteiger partial charge in [-0.25, -0.2) is 0 Å². The highest BCUT2D eigenvalue weighted by Crippen LogP contribution is 2.13. The zero-order chi connectivity index (χ0) is 14.0. The molecule has 0 aliphatic rings. The van der Waals surface area contributed by atoms with Crippen LogP contribution >= 0.6 is 0 Å². The van der Waals surface area contributed by atoms with Gasteiger partial charge in [-0.15, -0.1) is 0 Å². The zero-order valence-corrected chi connectivity index (χ0v) is 12.3. The second-order valence-corrected chi connectivity index (χ2v) is 5.39. The summed E-state index contributed by atoms with van der Waals surface area (Å²) in [5, 5.41) is 0. The van der Waals surface area contributed by atoms with Crippen LogP contribution in [0.25, 0.3) is 0 Å². The summed E-state index contributed by atoms with van der Waals surface area (Å²) in [5.41, 5.74) is 5.04. The second-order valence-electron chi connectivity index (χ2n) is 5.39. The number of unbranched alkanes of at least 4 members (excludes halogenated alkanes) is 1. The molecule has 0 aromatic heterocycles. The predicted octanol–water partition coefficient (Wildman–Crippen LogP) is 2.50. The summed E-state index contributed by atoms with van der Waals surface area (Å²) in [5.74, 6) is 0.367. The first-order valence-corrected chi connectivity index (χ1v) is 6.94. The van der Waals surface area contributed by atoms with E-state index in [2.05, 4.69) is 13.8 Å². The fourth-order valence-corrected chi connectivity index (χ4v) is 1.52. The van der Waals surface area contributed by atoms with E-state index in [1.807, 2.05) is 0 Å². The smallest absolute Gasteiger partial charge is 0.325 e. The Bertz CT molecular complexity index is 227. The third-order valence-electron chi connectivity index (χ3n) is 2.82. The van der Waals surface area contributed by atoms with Crippen LogP contribution in [0.3, 0.4) is 0 Å². The summed E-state index contributed by atoms with van der Waals surface area (Å²) in [4.78, 5) is 11.5. The number of esters is 1. The molecule has 1 unspecified atom stereocenters. The van der Waals surface area contributed by atoms with Gasteiger partial charge in [-0.3, -0.25) is 4.79 Å². The SMILES string of the molecule is CCOC(=O)C(C)(N)CCCCOCCC(C)C. The Hall–Kier alpha value is -0.610. The van der Waals surface area contributed by atoms with Crippen molar-refractivity contribution in [2.45, 2.75) is 58.9 Å². The maximum Gasteiger partial charge on any atom is 0.325 e. The van der Waals surface area contributed by atoms with Crippen LogP contribution in [0.5, 0.6) is 0 Å². The summed E-state index contributed by atoms with van der Waals surface area (Å²) in [7, 11) is 0. The Kier molecular flexibility index (Phi) is 9.02. The average Bonchev–Trinajstić information content (AvgIpc) is 2.27. The van der Waals surface area contributed by atoms with Crippen LogP contribution in [-0.4, -0.2) is 31.3 Å². The molecule has 0 aliphatic carbocycles. The van der Waals surface area contributed by atoms with Crippen molar-refractivity contribution >= 4 is 5.97 Å². The predicted molar refractivity (Wildman–Crippen MR) is 73.4 cm³/mol. The van der Waals surface area contributed by atoms with Crippen molar-refractivity contribution in [1.82, 2.24) is 0 Å². The van der Waals surface area contributed by atoms with Crippen molar-refractivity contribution in [1.29, 1.82) is 0 Å². The molecule has 0 bridgehead atoms. The van der Waals surface area contributed by atoms with E-state index < -0.39 is 5.54 Å². The normalized spacial score (nSPS) is 14.6. The monoisotopic (exact) mass is 259 g/mol. The highest BCUT2D eigenvalue weighted by atomic mass is 16.5. The van der Waals surface area contributed by atoms with Gasteiger partial charge in [0, 0.05) is 13.2 Å². The summed E-state index contributed by atoms with van der Waals surface area (Å²) in [6, 6.07) is 0. The van der Waals surface area contributed by atoms with E-state index >= 15 is 0 Å². The van der Waals surface area contributed by atoms with Crippen molar-refractivity contribution in [3.05, 3.63) is 0 Å². The average molecular weight is 259 g/mol. The van der Waals surface area contributed by atoms with Gasteiger partial charge < -0.3 is 15.2 Å². The Labute approximate surface area is 111 Å². The van der Waals surface area contributed by atoms with Crippen molar-refractivity contribution in [2.24, 2.45) is 11.7 Å².